The van der Waals surface area contributed by atoms with E-state index in [1.165, 1.54) is 6.07 Å². The van der Waals surface area contributed by atoms with E-state index >= 15 is 0 Å². The third kappa shape index (κ3) is 1.91. The Kier molecular flexibility index (Phi) is 2.63. The van der Waals surface area contributed by atoms with Gasteiger partial charge in [0.1, 0.15) is 0 Å². The van der Waals surface area contributed by atoms with Crippen molar-refractivity contribution in [3.05, 3.63) is 63.7 Å². The zero-order chi connectivity index (χ0) is 13.4. The van der Waals surface area contributed by atoms with Gasteiger partial charge in [0.25, 0.3) is 5.69 Å². The first-order valence-corrected chi connectivity index (χ1v) is 6.07. The Morgan fingerprint density at radius 1 is 1.00 bits per heavy atom. The average Bonchev–Trinajstić information content (AvgIpc) is 2.80. The molecule has 1 aliphatic rings. The topological polar surface area (TPSA) is 60.2 Å². The van der Waals surface area contributed by atoms with Crippen molar-refractivity contribution in [2.75, 3.05) is 0 Å². The third-order valence-corrected chi connectivity index (χ3v) is 3.44. The number of fused-ring (bicyclic) bond motifs is 1. The van der Waals surface area contributed by atoms with Gasteiger partial charge in [-0.1, -0.05) is 30.3 Å². The Bertz CT molecular complexity index is 692. The molecule has 0 N–H and O–H groups in total. The number of carbonyl (C=O) groups excluding carboxylic acids is 1. The number of para-hydroxylation sites is 1. The van der Waals surface area contributed by atoms with Crippen LogP contribution in [-0.2, 0) is 6.42 Å². The highest BCUT2D eigenvalue weighted by molar-refractivity contribution is 6.01. The van der Waals surface area contributed by atoms with Crippen LogP contribution in [0.3, 0.4) is 0 Å². The molecule has 0 heterocycles. The molecule has 1 aliphatic carbocycles. The summed E-state index contributed by atoms with van der Waals surface area (Å²) in [5.41, 5.74) is 3.21. The monoisotopic (exact) mass is 253 g/mol. The molecule has 0 unspecified atom stereocenters. The number of aryl methyl sites for hydroxylation is 1. The van der Waals surface area contributed by atoms with Crippen molar-refractivity contribution in [3.8, 4) is 11.1 Å². The molecule has 0 spiro atoms. The molecule has 0 saturated carbocycles. The number of nitrogens with zero attached hydrogens (tertiary/aromatic N) is 1. The lowest BCUT2D eigenvalue weighted by molar-refractivity contribution is -0.384. The van der Waals surface area contributed by atoms with E-state index in [0.717, 1.165) is 23.1 Å². The minimum absolute atomic E-state index is 0.0896. The van der Waals surface area contributed by atoms with Crippen LogP contribution in [0.1, 0.15) is 22.3 Å². The van der Waals surface area contributed by atoms with Crippen LogP contribution in [0.5, 0.6) is 0 Å². The van der Waals surface area contributed by atoms with Gasteiger partial charge in [-0.05, 0) is 23.6 Å². The summed E-state index contributed by atoms with van der Waals surface area (Å²) in [7, 11) is 0. The van der Waals surface area contributed by atoms with E-state index in [4.69, 9.17) is 0 Å². The quantitative estimate of drug-likeness (QED) is 0.608. The van der Waals surface area contributed by atoms with Crippen molar-refractivity contribution in [1.82, 2.24) is 0 Å². The molecule has 0 aromatic heterocycles. The Morgan fingerprint density at radius 3 is 2.58 bits per heavy atom. The lowest BCUT2D eigenvalue weighted by Gasteiger charge is -2.05. The molecule has 4 heteroatoms. The van der Waals surface area contributed by atoms with Gasteiger partial charge >= 0.3 is 0 Å². The minimum atomic E-state index is -0.381. The van der Waals surface area contributed by atoms with E-state index in [9.17, 15) is 14.9 Å². The average molecular weight is 253 g/mol. The molecule has 4 nitrogen and oxygen atoms in total. The van der Waals surface area contributed by atoms with Crippen LogP contribution in [0.2, 0.25) is 0 Å². The fraction of sp³-hybridized carbons (Fsp3) is 0.133. The molecule has 0 saturated heterocycles. The van der Waals surface area contributed by atoms with Crippen LogP contribution in [0.4, 0.5) is 5.69 Å². The summed E-state index contributed by atoms with van der Waals surface area (Å²) >= 11 is 0. The number of hydrogen-bond donors (Lipinski definition) is 0. The summed E-state index contributed by atoms with van der Waals surface area (Å²) in [6, 6.07) is 12.1. The second kappa shape index (κ2) is 4.31. The molecular weight excluding hydrogens is 242 g/mol. The van der Waals surface area contributed by atoms with Crippen LogP contribution >= 0.6 is 0 Å². The van der Waals surface area contributed by atoms with Gasteiger partial charge in [-0.3, -0.25) is 14.9 Å². The molecule has 19 heavy (non-hydrogen) atoms. The highest BCUT2D eigenvalue weighted by Gasteiger charge is 2.21. The highest BCUT2D eigenvalue weighted by atomic mass is 16.6. The number of rotatable bonds is 2. The maximum atomic E-state index is 11.6. The van der Waals surface area contributed by atoms with Gasteiger partial charge in [-0.15, -0.1) is 0 Å². The molecule has 94 valence electrons. The van der Waals surface area contributed by atoms with Crippen LogP contribution in [0.25, 0.3) is 11.1 Å². The summed E-state index contributed by atoms with van der Waals surface area (Å²) in [6.07, 6.45) is 1.26. The fourth-order valence-corrected chi connectivity index (χ4v) is 2.50. The molecule has 0 radical (unpaired) electrons. The van der Waals surface area contributed by atoms with Gasteiger partial charge < -0.3 is 0 Å². The van der Waals surface area contributed by atoms with E-state index in [1.807, 2.05) is 6.07 Å². The smallest absolute Gasteiger partial charge is 0.277 e. The van der Waals surface area contributed by atoms with E-state index in [1.54, 1.807) is 30.3 Å². The largest absolute Gasteiger partial charge is 0.294 e. The van der Waals surface area contributed by atoms with Crippen molar-refractivity contribution >= 4 is 11.5 Å². The number of Topliss-reactive ketones (excluding diaryl/α,β-unsaturated/α-hetero) is 1. The van der Waals surface area contributed by atoms with Crippen molar-refractivity contribution in [2.24, 2.45) is 0 Å². The molecule has 0 atom stereocenters. The van der Waals surface area contributed by atoms with E-state index in [-0.39, 0.29) is 16.4 Å². The van der Waals surface area contributed by atoms with Crippen LogP contribution in [-0.4, -0.2) is 10.7 Å². The van der Waals surface area contributed by atoms with Gasteiger partial charge in [0.2, 0.25) is 0 Å². The van der Waals surface area contributed by atoms with Crippen LogP contribution < -0.4 is 0 Å². The van der Waals surface area contributed by atoms with Gasteiger partial charge in [0.15, 0.2) is 5.78 Å². The summed E-state index contributed by atoms with van der Waals surface area (Å²) < 4.78 is 0. The van der Waals surface area contributed by atoms with Gasteiger partial charge in [0, 0.05) is 18.1 Å². The number of ketones is 1. The third-order valence-electron chi connectivity index (χ3n) is 3.44. The first kappa shape index (κ1) is 11.6. The molecule has 0 amide bonds. The van der Waals surface area contributed by atoms with Crippen molar-refractivity contribution < 1.29 is 9.72 Å². The number of nitro benzene ring substituents is 1. The Hall–Kier alpha value is -2.49. The van der Waals surface area contributed by atoms with Gasteiger partial charge in [-0.25, -0.2) is 0 Å². The Labute approximate surface area is 109 Å². The summed E-state index contributed by atoms with van der Waals surface area (Å²) in [6.45, 7) is 0. The van der Waals surface area contributed by atoms with Gasteiger partial charge in [-0.2, -0.15) is 0 Å². The molecule has 2 aromatic carbocycles. The zero-order valence-electron chi connectivity index (χ0n) is 10.1. The normalized spacial score (nSPS) is 13.4. The SMILES string of the molecule is O=C1CCc2cc(-c3ccccc3[N+](=O)[O-])ccc21. The molecule has 3 rings (SSSR count). The highest BCUT2D eigenvalue weighted by Crippen LogP contribution is 2.33. The summed E-state index contributed by atoms with van der Waals surface area (Å²) in [5.74, 6) is 0.157. The van der Waals surface area contributed by atoms with Crippen molar-refractivity contribution in [3.63, 3.8) is 0 Å². The molecule has 2 aromatic rings. The number of nitro groups is 1. The first-order chi connectivity index (χ1) is 9.16. The summed E-state index contributed by atoms with van der Waals surface area (Å²) in [4.78, 5) is 22.2. The molecule has 0 fully saturated rings. The number of carbonyl (C=O) groups is 1. The minimum Gasteiger partial charge on any atom is -0.294 e. The fourth-order valence-electron chi connectivity index (χ4n) is 2.50. The Morgan fingerprint density at radius 2 is 1.79 bits per heavy atom. The second-order valence-electron chi connectivity index (χ2n) is 4.57. The summed E-state index contributed by atoms with van der Waals surface area (Å²) in [5, 5.41) is 11.0. The second-order valence-corrected chi connectivity index (χ2v) is 4.57. The number of benzene rings is 2. The van der Waals surface area contributed by atoms with E-state index < -0.39 is 0 Å². The van der Waals surface area contributed by atoms with E-state index in [0.29, 0.717) is 12.0 Å². The maximum absolute atomic E-state index is 11.6. The lowest BCUT2D eigenvalue weighted by Crippen LogP contribution is -1.94. The molecular formula is C15H11NO3. The lowest BCUT2D eigenvalue weighted by atomic mass is 9.99. The van der Waals surface area contributed by atoms with Crippen LogP contribution in [0.15, 0.2) is 42.5 Å². The van der Waals surface area contributed by atoms with Crippen molar-refractivity contribution in [1.29, 1.82) is 0 Å². The van der Waals surface area contributed by atoms with E-state index in [2.05, 4.69) is 0 Å². The predicted molar refractivity (Wildman–Crippen MR) is 71.2 cm³/mol. The molecule has 0 bridgehead atoms. The molecule has 0 aliphatic heterocycles. The standard InChI is InChI=1S/C15H11NO3/c17-15-8-6-11-9-10(5-7-13(11)15)12-3-1-2-4-14(12)16(18)19/h1-5,7,9H,6,8H2. The zero-order valence-corrected chi connectivity index (χ0v) is 10.1. The van der Waals surface area contributed by atoms with Gasteiger partial charge in [0.05, 0.1) is 10.5 Å². The Balaban J connectivity index is 2.14. The van der Waals surface area contributed by atoms with Crippen molar-refractivity contribution in [2.45, 2.75) is 12.8 Å². The number of hydrogen-bond acceptors (Lipinski definition) is 3. The predicted octanol–water partition coefficient (Wildman–Crippen LogP) is 3.39. The van der Waals surface area contributed by atoms with Crippen LogP contribution in [0, 0.1) is 10.1 Å². The maximum Gasteiger partial charge on any atom is 0.277 e. The first-order valence-electron chi connectivity index (χ1n) is 6.07.